The van der Waals surface area contributed by atoms with Crippen molar-refractivity contribution in [2.45, 2.75) is 33.3 Å². The Bertz CT molecular complexity index is 564. The van der Waals surface area contributed by atoms with Gasteiger partial charge in [-0.15, -0.1) is 24.0 Å². The number of benzene rings is 1. The van der Waals surface area contributed by atoms with Crippen LogP contribution in [-0.2, 0) is 11.3 Å². The summed E-state index contributed by atoms with van der Waals surface area (Å²) < 4.78 is 5.83. The Morgan fingerprint density at radius 3 is 2.53 bits per heavy atom. The second-order valence-corrected chi connectivity index (χ2v) is 8.10. The van der Waals surface area contributed by atoms with Gasteiger partial charge in [0, 0.05) is 45.8 Å². The van der Waals surface area contributed by atoms with Crippen molar-refractivity contribution < 1.29 is 4.74 Å². The zero-order valence-corrected chi connectivity index (χ0v) is 21.4. The normalized spacial score (nSPS) is 16.7. The van der Waals surface area contributed by atoms with Gasteiger partial charge in [-0.3, -0.25) is 4.99 Å². The summed E-state index contributed by atoms with van der Waals surface area (Å²) in [4.78, 5) is 9.72. The van der Waals surface area contributed by atoms with Gasteiger partial charge in [0.15, 0.2) is 5.96 Å². The molecule has 6 nitrogen and oxygen atoms in total. The highest BCUT2D eigenvalue weighted by molar-refractivity contribution is 14.0. The quantitative estimate of drug-likeness (QED) is 0.188. The van der Waals surface area contributed by atoms with E-state index >= 15 is 0 Å². The minimum absolute atomic E-state index is 0. The lowest BCUT2D eigenvalue weighted by Crippen LogP contribution is -2.44. The van der Waals surface area contributed by atoms with Crippen molar-refractivity contribution in [2.24, 2.45) is 10.9 Å². The molecule has 1 fully saturated rings. The minimum Gasteiger partial charge on any atom is -0.376 e. The van der Waals surface area contributed by atoms with E-state index in [9.17, 15) is 0 Å². The van der Waals surface area contributed by atoms with Crippen LogP contribution in [0, 0.1) is 5.92 Å². The molecule has 1 unspecified atom stereocenters. The van der Waals surface area contributed by atoms with E-state index in [1.807, 2.05) is 18.2 Å². The Hall–Kier alpha value is -0.900. The molecule has 0 amide bonds. The Balaban J connectivity index is 0.00000450. The van der Waals surface area contributed by atoms with Crippen LogP contribution >= 0.6 is 24.0 Å². The summed E-state index contributed by atoms with van der Waals surface area (Å²) in [6, 6.07) is 10.3. The molecule has 172 valence electrons. The molecule has 1 aromatic rings. The summed E-state index contributed by atoms with van der Waals surface area (Å²) in [5.74, 6) is 1.31. The number of guanidine groups is 1. The maximum atomic E-state index is 5.83. The molecule has 0 radical (unpaired) electrons. The predicted octanol–water partition coefficient (Wildman–Crippen LogP) is 3.04. The molecular weight excluding hydrogens is 489 g/mol. The molecule has 1 saturated heterocycles. The molecule has 1 aromatic carbocycles. The zero-order valence-electron chi connectivity index (χ0n) is 19.1. The molecule has 0 saturated carbocycles. The van der Waals surface area contributed by atoms with Gasteiger partial charge in [0.2, 0.25) is 0 Å². The molecule has 1 heterocycles. The largest absolute Gasteiger partial charge is 0.376 e. The van der Waals surface area contributed by atoms with E-state index in [-0.39, 0.29) is 24.0 Å². The van der Waals surface area contributed by atoms with Gasteiger partial charge in [0.25, 0.3) is 0 Å². The van der Waals surface area contributed by atoms with E-state index in [1.54, 1.807) is 0 Å². The number of unbranched alkanes of at least 4 members (excludes halogenated alkanes) is 1. The SMILES string of the molecule is CCNC(=NCC(C)COCc1ccccc1)NCCCCN1CCN(C)CC1.I. The average Bonchev–Trinajstić information content (AvgIpc) is 2.74. The van der Waals surface area contributed by atoms with Crippen LogP contribution in [0.5, 0.6) is 0 Å². The third kappa shape index (κ3) is 12.1. The Morgan fingerprint density at radius 1 is 1.10 bits per heavy atom. The molecular formula is C23H42IN5O. The Morgan fingerprint density at radius 2 is 1.83 bits per heavy atom. The van der Waals surface area contributed by atoms with Crippen LogP contribution in [0.25, 0.3) is 0 Å². The van der Waals surface area contributed by atoms with Crippen LogP contribution in [0.2, 0.25) is 0 Å². The van der Waals surface area contributed by atoms with Crippen LogP contribution in [0.1, 0.15) is 32.3 Å². The van der Waals surface area contributed by atoms with E-state index in [4.69, 9.17) is 9.73 Å². The van der Waals surface area contributed by atoms with E-state index in [0.717, 1.165) is 32.2 Å². The first-order chi connectivity index (χ1) is 14.2. The summed E-state index contributed by atoms with van der Waals surface area (Å²) in [6.45, 7) is 14.3. The van der Waals surface area contributed by atoms with Crippen molar-refractivity contribution in [3.8, 4) is 0 Å². The molecule has 2 rings (SSSR count). The highest BCUT2D eigenvalue weighted by atomic mass is 127. The number of piperazine rings is 1. The number of hydrogen-bond donors (Lipinski definition) is 2. The van der Waals surface area contributed by atoms with Crippen LogP contribution in [0.3, 0.4) is 0 Å². The van der Waals surface area contributed by atoms with Crippen molar-refractivity contribution >= 4 is 29.9 Å². The first-order valence-corrected chi connectivity index (χ1v) is 11.2. The first kappa shape index (κ1) is 27.1. The molecule has 1 aliphatic heterocycles. The summed E-state index contributed by atoms with van der Waals surface area (Å²) >= 11 is 0. The van der Waals surface area contributed by atoms with E-state index < -0.39 is 0 Å². The molecule has 1 atom stereocenters. The molecule has 0 aromatic heterocycles. The van der Waals surface area contributed by atoms with Crippen molar-refractivity contribution in [1.29, 1.82) is 0 Å². The number of hydrogen-bond acceptors (Lipinski definition) is 4. The fourth-order valence-corrected chi connectivity index (χ4v) is 3.33. The summed E-state index contributed by atoms with van der Waals surface area (Å²) in [7, 11) is 2.21. The number of aliphatic imine (C=N–C) groups is 1. The van der Waals surface area contributed by atoms with Gasteiger partial charge >= 0.3 is 0 Å². The monoisotopic (exact) mass is 531 g/mol. The van der Waals surface area contributed by atoms with Gasteiger partial charge in [-0.05, 0) is 44.8 Å². The predicted molar refractivity (Wildman–Crippen MR) is 138 cm³/mol. The number of likely N-dealkylation sites (N-methyl/N-ethyl adjacent to an activating group) is 1. The van der Waals surface area contributed by atoms with Crippen LogP contribution in [0.15, 0.2) is 35.3 Å². The maximum Gasteiger partial charge on any atom is 0.191 e. The first-order valence-electron chi connectivity index (χ1n) is 11.2. The van der Waals surface area contributed by atoms with Crippen molar-refractivity contribution in [3.05, 3.63) is 35.9 Å². The molecule has 1 aliphatic rings. The molecule has 0 bridgehead atoms. The van der Waals surface area contributed by atoms with Gasteiger partial charge in [-0.25, -0.2) is 0 Å². The smallest absolute Gasteiger partial charge is 0.191 e. The summed E-state index contributed by atoms with van der Waals surface area (Å²) in [5, 5.41) is 6.82. The number of nitrogens with one attached hydrogen (secondary N) is 2. The lowest BCUT2D eigenvalue weighted by molar-refractivity contribution is 0.0945. The van der Waals surface area contributed by atoms with Crippen molar-refractivity contribution in [1.82, 2.24) is 20.4 Å². The minimum atomic E-state index is 0. The van der Waals surface area contributed by atoms with Gasteiger partial charge < -0.3 is 25.2 Å². The van der Waals surface area contributed by atoms with E-state index in [2.05, 4.69) is 53.5 Å². The fourth-order valence-electron chi connectivity index (χ4n) is 3.33. The van der Waals surface area contributed by atoms with Crippen LogP contribution in [0.4, 0.5) is 0 Å². The molecule has 2 N–H and O–H groups in total. The number of rotatable bonds is 12. The van der Waals surface area contributed by atoms with Gasteiger partial charge in [-0.1, -0.05) is 37.3 Å². The standard InChI is InChI=1S/C23H41N5O.HI/c1-4-24-23(25-12-8-9-13-28-16-14-27(3)15-17-28)26-18-21(2)19-29-20-22-10-6-5-7-11-22;/h5-7,10-11,21H,4,8-9,12-20H2,1-3H3,(H2,24,25,26);1H. The topological polar surface area (TPSA) is 52.1 Å². The summed E-state index contributed by atoms with van der Waals surface area (Å²) in [5.41, 5.74) is 1.22. The molecule has 0 aliphatic carbocycles. The van der Waals surface area contributed by atoms with Gasteiger partial charge in [0.05, 0.1) is 13.2 Å². The lowest BCUT2D eigenvalue weighted by Gasteiger charge is -2.32. The third-order valence-corrected chi connectivity index (χ3v) is 5.21. The van der Waals surface area contributed by atoms with Crippen LogP contribution in [-0.4, -0.2) is 81.8 Å². The Kier molecular flexibility index (Phi) is 15.2. The zero-order chi connectivity index (χ0) is 20.7. The second kappa shape index (κ2) is 16.8. The van der Waals surface area contributed by atoms with Crippen molar-refractivity contribution in [2.75, 3.05) is 66.0 Å². The third-order valence-electron chi connectivity index (χ3n) is 5.21. The van der Waals surface area contributed by atoms with Crippen molar-refractivity contribution in [3.63, 3.8) is 0 Å². The lowest BCUT2D eigenvalue weighted by atomic mass is 10.2. The fraction of sp³-hybridized carbons (Fsp3) is 0.696. The number of halogens is 1. The maximum absolute atomic E-state index is 5.83. The van der Waals surface area contributed by atoms with Gasteiger partial charge in [-0.2, -0.15) is 0 Å². The average molecular weight is 532 g/mol. The molecule has 7 heteroatoms. The molecule has 30 heavy (non-hydrogen) atoms. The number of nitrogens with zero attached hydrogens (tertiary/aromatic N) is 3. The summed E-state index contributed by atoms with van der Waals surface area (Å²) in [6.07, 6.45) is 2.41. The molecule has 0 spiro atoms. The van der Waals surface area contributed by atoms with E-state index in [1.165, 1.54) is 51.1 Å². The van der Waals surface area contributed by atoms with E-state index in [0.29, 0.717) is 12.5 Å². The highest BCUT2D eigenvalue weighted by Gasteiger charge is 2.12. The van der Waals surface area contributed by atoms with Crippen LogP contribution < -0.4 is 10.6 Å². The number of ether oxygens (including phenoxy) is 1. The van der Waals surface area contributed by atoms with Gasteiger partial charge in [0.1, 0.15) is 0 Å². The highest BCUT2D eigenvalue weighted by Crippen LogP contribution is 2.04. The Labute approximate surface area is 200 Å². The second-order valence-electron chi connectivity index (χ2n) is 8.10.